The van der Waals surface area contributed by atoms with Crippen LogP contribution in [0.15, 0.2) is 36.5 Å². The van der Waals surface area contributed by atoms with Crippen molar-refractivity contribution in [3.8, 4) is 39.4 Å². The fourth-order valence-corrected chi connectivity index (χ4v) is 8.39. The van der Waals surface area contributed by atoms with Crippen LogP contribution in [0.4, 0.5) is 4.79 Å². The van der Waals surface area contributed by atoms with Gasteiger partial charge in [0.15, 0.2) is 0 Å². The minimum Gasteiger partial charge on any atom is -0.488 e. The lowest BCUT2D eigenvalue weighted by Crippen LogP contribution is -2.53. The number of hydrogen-bond donors (Lipinski definition) is 4. The Morgan fingerprint density at radius 2 is 1.88 bits per heavy atom. The maximum Gasteiger partial charge on any atom is 0.407 e. The number of nitrogens with zero attached hydrogens (tertiary/aromatic N) is 3. The number of likely N-dealkylation sites (tertiary alicyclic amines) is 1. The number of aromatic amines is 2. The number of nitrogens with one attached hydrogen (secondary N) is 4. The molecule has 0 unspecified atom stereocenters. The van der Waals surface area contributed by atoms with Crippen LogP contribution in [0.3, 0.4) is 0 Å². The van der Waals surface area contributed by atoms with Gasteiger partial charge in [0.2, 0.25) is 5.91 Å². The summed E-state index contributed by atoms with van der Waals surface area (Å²) in [5.41, 5.74) is 10.2. The van der Waals surface area contributed by atoms with Crippen molar-refractivity contribution in [2.75, 3.05) is 7.11 Å². The molecule has 0 spiro atoms. The summed E-state index contributed by atoms with van der Waals surface area (Å²) in [5, 5.41) is 6.45. The summed E-state index contributed by atoms with van der Waals surface area (Å²) in [6, 6.07) is 11.0. The van der Waals surface area contributed by atoms with Crippen molar-refractivity contribution in [2.24, 2.45) is 5.92 Å². The molecule has 2 saturated heterocycles. The highest BCUT2D eigenvalue weighted by molar-refractivity contribution is 5.87. The second kappa shape index (κ2) is 12.9. The SMILES string of the molecule is CC[C@H](C)[C@H](NC(=O)OC)C(=O)N1[C@@H](C)CC[C@H]1c1ncc(-c2ccc3c(c2)COc2cc4c(cc2-3)CCc2nc([C@@H]3CC[C@H](C)N3)[nH]c2-4)[nH]1. The van der Waals surface area contributed by atoms with Gasteiger partial charge in [0, 0.05) is 23.2 Å². The molecule has 5 heterocycles. The van der Waals surface area contributed by atoms with Gasteiger partial charge < -0.3 is 35.0 Å². The molecule has 11 heteroatoms. The third-order valence-electron chi connectivity index (χ3n) is 11.5. The number of carbonyl (C=O) groups excluding carboxylic acids is 2. The number of imidazole rings is 2. The molecular weight excluding hydrogens is 630 g/mol. The van der Waals surface area contributed by atoms with Crippen LogP contribution in [0.2, 0.25) is 0 Å². The summed E-state index contributed by atoms with van der Waals surface area (Å²) >= 11 is 0. The van der Waals surface area contributed by atoms with Crippen molar-refractivity contribution in [3.63, 3.8) is 0 Å². The molecule has 4 aromatic rings. The van der Waals surface area contributed by atoms with E-state index in [9.17, 15) is 9.59 Å². The first-order chi connectivity index (χ1) is 24.2. The van der Waals surface area contributed by atoms with Gasteiger partial charge >= 0.3 is 6.09 Å². The summed E-state index contributed by atoms with van der Waals surface area (Å²) in [4.78, 5) is 45.0. The molecule has 0 saturated carbocycles. The fraction of sp³-hybridized carbons (Fsp3) is 0.487. The average Bonchev–Trinajstić information content (AvgIpc) is 3.95. The van der Waals surface area contributed by atoms with Crippen molar-refractivity contribution in [1.29, 1.82) is 0 Å². The van der Waals surface area contributed by atoms with Crippen LogP contribution in [0.25, 0.3) is 33.6 Å². The third-order valence-corrected chi connectivity index (χ3v) is 11.5. The summed E-state index contributed by atoms with van der Waals surface area (Å²) in [6.45, 7) is 8.77. The lowest BCUT2D eigenvalue weighted by Gasteiger charge is -2.33. The molecule has 2 aromatic heterocycles. The van der Waals surface area contributed by atoms with Gasteiger partial charge in [-0.15, -0.1) is 0 Å². The van der Waals surface area contributed by atoms with Crippen molar-refractivity contribution < 1.29 is 19.1 Å². The number of ether oxygens (including phenoxy) is 2. The third kappa shape index (κ3) is 5.65. The van der Waals surface area contributed by atoms with Crippen LogP contribution in [-0.4, -0.2) is 62.1 Å². The smallest absolute Gasteiger partial charge is 0.407 e. The van der Waals surface area contributed by atoms with Gasteiger partial charge in [0.05, 0.1) is 42.5 Å². The van der Waals surface area contributed by atoms with E-state index in [1.54, 1.807) is 0 Å². The van der Waals surface area contributed by atoms with Gasteiger partial charge in [-0.3, -0.25) is 4.79 Å². The van der Waals surface area contributed by atoms with E-state index in [4.69, 9.17) is 19.4 Å². The largest absolute Gasteiger partial charge is 0.488 e. The highest BCUT2D eigenvalue weighted by Crippen LogP contribution is 2.45. The van der Waals surface area contributed by atoms with Crippen molar-refractivity contribution in [2.45, 2.75) is 109 Å². The molecule has 0 radical (unpaired) electrons. The molecule has 50 heavy (non-hydrogen) atoms. The quantitative estimate of drug-likeness (QED) is 0.170. The van der Waals surface area contributed by atoms with Crippen molar-refractivity contribution in [3.05, 3.63) is 65.0 Å². The van der Waals surface area contributed by atoms with Gasteiger partial charge in [-0.05, 0) is 98.7 Å². The van der Waals surface area contributed by atoms with Crippen LogP contribution >= 0.6 is 0 Å². The number of carbonyl (C=O) groups is 2. The predicted molar refractivity (Wildman–Crippen MR) is 190 cm³/mol. The number of hydrogen-bond acceptors (Lipinski definition) is 7. The lowest BCUT2D eigenvalue weighted by atomic mass is 9.86. The molecule has 0 bridgehead atoms. The number of aromatic nitrogens is 4. The van der Waals surface area contributed by atoms with Gasteiger partial charge in [-0.25, -0.2) is 14.8 Å². The predicted octanol–water partition coefficient (Wildman–Crippen LogP) is 6.76. The number of amides is 2. The van der Waals surface area contributed by atoms with Gasteiger partial charge in [-0.1, -0.05) is 32.4 Å². The number of rotatable bonds is 7. The summed E-state index contributed by atoms with van der Waals surface area (Å²) in [5.74, 6) is 2.56. The Morgan fingerprint density at radius 1 is 1.02 bits per heavy atom. The van der Waals surface area contributed by atoms with E-state index in [1.165, 1.54) is 30.2 Å². The van der Waals surface area contributed by atoms with Crippen molar-refractivity contribution in [1.82, 2.24) is 35.5 Å². The Morgan fingerprint density at radius 3 is 2.66 bits per heavy atom. The van der Waals surface area contributed by atoms with E-state index >= 15 is 0 Å². The molecule has 2 aromatic carbocycles. The average molecular weight is 678 g/mol. The van der Waals surface area contributed by atoms with Crippen LogP contribution < -0.4 is 15.4 Å². The zero-order valence-electron chi connectivity index (χ0n) is 29.6. The van der Waals surface area contributed by atoms with Crippen LogP contribution in [0.1, 0.15) is 100 Å². The highest BCUT2D eigenvalue weighted by atomic mass is 16.5. The zero-order chi connectivity index (χ0) is 34.7. The maximum absolute atomic E-state index is 13.9. The maximum atomic E-state index is 13.9. The van der Waals surface area contributed by atoms with Crippen LogP contribution in [-0.2, 0) is 29.0 Å². The summed E-state index contributed by atoms with van der Waals surface area (Å²) in [6.07, 6.45) is 7.82. The number of methoxy groups -OCH3 is 1. The van der Waals surface area contributed by atoms with Gasteiger partial charge in [-0.2, -0.15) is 0 Å². The molecule has 3 aliphatic heterocycles. The van der Waals surface area contributed by atoms with E-state index in [2.05, 4.69) is 64.8 Å². The molecule has 11 nitrogen and oxygen atoms in total. The molecule has 4 aliphatic rings. The number of aryl methyl sites for hydroxylation is 2. The first-order valence-electron chi connectivity index (χ1n) is 18.2. The van der Waals surface area contributed by atoms with Crippen molar-refractivity contribution >= 4 is 12.0 Å². The van der Waals surface area contributed by atoms with E-state index in [1.807, 2.05) is 24.9 Å². The van der Waals surface area contributed by atoms with Gasteiger partial charge in [0.25, 0.3) is 0 Å². The molecular formula is C39H47N7O4. The van der Waals surface area contributed by atoms with Crippen LogP contribution in [0.5, 0.6) is 5.75 Å². The molecule has 2 fully saturated rings. The first-order valence-corrected chi connectivity index (χ1v) is 18.2. The molecule has 4 N–H and O–H groups in total. The Balaban J connectivity index is 1.04. The number of H-pyrrole nitrogens is 2. The molecule has 6 atom stereocenters. The minimum atomic E-state index is -0.670. The number of benzene rings is 2. The monoisotopic (exact) mass is 677 g/mol. The Kier molecular flexibility index (Phi) is 8.41. The van der Waals surface area contributed by atoms with E-state index in [0.29, 0.717) is 18.7 Å². The first kappa shape index (κ1) is 32.6. The van der Waals surface area contributed by atoms with E-state index in [0.717, 1.165) is 89.7 Å². The number of fused-ring (bicyclic) bond motifs is 6. The molecule has 262 valence electrons. The second-order valence-corrected chi connectivity index (χ2v) is 14.7. The minimum absolute atomic E-state index is 0.0220. The van der Waals surface area contributed by atoms with E-state index in [-0.39, 0.29) is 23.9 Å². The lowest BCUT2D eigenvalue weighted by molar-refractivity contribution is -0.137. The Labute approximate surface area is 293 Å². The Bertz CT molecular complexity index is 1950. The highest BCUT2D eigenvalue weighted by Gasteiger charge is 2.41. The van der Waals surface area contributed by atoms with Crippen LogP contribution in [0, 0.1) is 5.92 Å². The fourth-order valence-electron chi connectivity index (χ4n) is 8.39. The zero-order valence-corrected chi connectivity index (χ0v) is 29.6. The Hall–Kier alpha value is -4.64. The summed E-state index contributed by atoms with van der Waals surface area (Å²) < 4.78 is 11.3. The van der Waals surface area contributed by atoms with E-state index < -0.39 is 12.1 Å². The van der Waals surface area contributed by atoms with Gasteiger partial charge in [0.1, 0.15) is 30.0 Å². The molecule has 1 aliphatic carbocycles. The number of alkyl carbamates (subject to hydrolysis) is 1. The second-order valence-electron chi connectivity index (χ2n) is 14.7. The summed E-state index contributed by atoms with van der Waals surface area (Å²) in [7, 11) is 1.32. The molecule has 2 amide bonds. The normalized spacial score (nSPS) is 23.3. The molecule has 8 rings (SSSR count). The standard InChI is InChI=1S/C39H47N7O4/c1-6-20(2)34(45-39(48)49-5)38(47)46-22(4)8-14-32(46)37-40-18-31(43-37)24-9-11-26-25(15-24)19-50-33-17-27-23(16-28(26)33)10-13-29-35(27)44-36(42-29)30-12-7-21(3)41-30/h9,11,15-18,20-22,30,32,34,41H,6-8,10,12-14,19H2,1-5H3,(H,40,43)(H,42,44)(H,45,48)/t20-,21-,22-,30-,32-,34-/m0/s1. The topological polar surface area (TPSA) is 137 Å².